The Morgan fingerprint density at radius 1 is 1.13 bits per heavy atom. The van der Waals surface area contributed by atoms with Crippen molar-refractivity contribution in [1.29, 1.82) is 5.26 Å². The smallest absolute Gasteiger partial charge is 0.263 e. The van der Waals surface area contributed by atoms with Crippen molar-refractivity contribution in [2.45, 2.75) is 11.8 Å². The number of sulfonamides is 1. The molecule has 2 heterocycles. The first-order valence-electron chi connectivity index (χ1n) is 9.00. The summed E-state index contributed by atoms with van der Waals surface area (Å²) in [4.78, 5) is 12.3. The summed E-state index contributed by atoms with van der Waals surface area (Å²) in [5.41, 5.74) is 8.13. The van der Waals surface area contributed by atoms with E-state index in [0.717, 1.165) is 5.56 Å². The Morgan fingerprint density at radius 2 is 1.90 bits per heavy atom. The molecule has 0 aliphatic rings. The second-order valence-electron chi connectivity index (χ2n) is 6.69. The molecule has 4 aromatic rings. The monoisotopic (exact) mass is 434 g/mol. The van der Waals surface area contributed by atoms with E-state index in [1.807, 2.05) is 13.0 Å². The van der Waals surface area contributed by atoms with E-state index in [0.29, 0.717) is 22.3 Å². The van der Waals surface area contributed by atoms with Crippen molar-refractivity contribution in [2.75, 3.05) is 10.5 Å². The normalized spacial score (nSPS) is 11.3. The molecule has 0 atom stereocenters. The van der Waals surface area contributed by atoms with Crippen LogP contribution in [0.25, 0.3) is 22.3 Å². The molecule has 0 spiro atoms. The number of hydrogen-bond acceptors (Lipinski definition) is 7. The fourth-order valence-electron chi connectivity index (χ4n) is 3.09. The van der Waals surface area contributed by atoms with Crippen molar-refractivity contribution < 1.29 is 12.8 Å². The molecule has 0 bridgehead atoms. The van der Waals surface area contributed by atoms with Gasteiger partial charge in [-0.1, -0.05) is 18.2 Å². The van der Waals surface area contributed by atoms with Gasteiger partial charge in [0.05, 0.1) is 28.7 Å². The highest BCUT2D eigenvalue weighted by Crippen LogP contribution is 2.28. The van der Waals surface area contributed by atoms with Gasteiger partial charge in [-0.3, -0.25) is 4.72 Å². The maximum atomic E-state index is 14.8. The largest absolute Gasteiger partial charge is 0.368 e. The number of aromatic nitrogens is 3. The van der Waals surface area contributed by atoms with Gasteiger partial charge in [0.2, 0.25) is 5.95 Å². The van der Waals surface area contributed by atoms with Crippen LogP contribution in [-0.2, 0) is 10.0 Å². The third-order valence-corrected chi connectivity index (χ3v) is 5.99. The van der Waals surface area contributed by atoms with Gasteiger partial charge in [-0.05, 0) is 42.8 Å². The van der Waals surface area contributed by atoms with E-state index >= 15 is 0 Å². The van der Waals surface area contributed by atoms with Gasteiger partial charge in [0, 0.05) is 5.56 Å². The second-order valence-corrected chi connectivity index (χ2v) is 8.35. The lowest BCUT2D eigenvalue weighted by Crippen LogP contribution is -2.15. The predicted molar refractivity (Wildman–Crippen MR) is 114 cm³/mol. The van der Waals surface area contributed by atoms with Crippen LogP contribution in [0, 0.1) is 24.1 Å². The fourth-order valence-corrected chi connectivity index (χ4v) is 4.32. The maximum absolute atomic E-state index is 14.8. The quantitative estimate of drug-likeness (QED) is 0.502. The molecule has 0 unspecified atom stereocenters. The van der Waals surface area contributed by atoms with Crippen LogP contribution in [0.15, 0.2) is 59.6 Å². The number of nitrogen functional groups attached to an aromatic ring is 1. The van der Waals surface area contributed by atoms with Gasteiger partial charge >= 0.3 is 0 Å². The molecule has 2 aromatic heterocycles. The molecule has 3 N–H and O–H groups in total. The Balaban J connectivity index is 1.70. The zero-order valence-corrected chi connectivity index (χ0v) is 17.0. The maximum Gasteiger partial charge on any atom is 0.263 e. The van der Waals surface area contributed by atoms with Crippen molar-refractivity contribution in [3.05, 3.63) is 71.7 Å². The number of hydrogen-bond donors (Lipinski definition) is 2. The predicted octanol–water partition coefficient (Wildman–Crippen LogP) is 3.39. The molecule has 2 aromatic carbocycles. The number of nitrogens with two attached hydrogens (primary N) is 1. The summed E-state index contributed by atoms with van der Waals surface area (Å²) < 4.78 is 42.2. The summed E-state index contributed by atoms with van der Waals surface area (Å²) in [7, 11) is -4.15. The molecule has 0 fully saturated rings. The first-order valence-corrected chi connectivity index (χ1v) is 10.5. The standard InChI is InChI=1S/C21H15FN6O2S/c1-12-8-17(26-18-11-25-21(24)27-20(12)18)13-6-7-16(15(22)9-13)28-31(29,30)19-5-3-2-4-14(19)10-23/h2-9,11,28H,1H3,(H2,24,25,27). The lowest BCUT2D eigenvalue weighted by atomic mass is 10.1. The van der Waals surface area contributed by atoms with Crippen molar-refractivity contribution in [3.63, 3.8) is 0 Å². The first kappa shape index (κ1) is 20.2. The Bertz CT molecular complexity index is 1480. The number of rotatable bonds is 4. The van der Waals surface area contributed by atoms with Gasteiger partial charge in [0.15, 0.2) is 0 Å². The van der Waals surface area contributed by atoms with Gasteiger partial charge in [-0.25, -0.2) is 27.8 Å². The van der Waals surface area contributed by atoms with Crippen LogP contribution in [0.5, 0.6) is 0 Å². The molecule has 0 amide bonds. The van der Waals surface area contributed by atoms with E-state index in [9.17, 15) is 12.8 Å². The third kappa shape index (κ3) is 3.86. The van der Waals surface area contributed by atoms with Crippen LogP contribution >= 0.6 is 0 Å². The minimum Gasteiger partial charge on any atom is -0.368 e. The number of anilines is 2. The molecule has 0 saturated heterocycles. The minimum atomic E-state index is -4.15. The number of nitriles is 1. The average Bonchev–Trinajstić information content (AvgIpc) is 2.75. The number of aryl methyl sites for hydroxylation is 1. The fraction of sp³-hybridized carbons (Fsp3) is 0.0476. The number of nitrogens with zero attached hydrogens (tertiary/aromatic N) is 4. The number of halogens is 1. The van der Waals surface area contributed by atoms with Crippen molar-refractivity contribution in [1.82, 2.24) is 15.0 Å². The van der Waals surface area contributed by atoms with Crippen LogP contribution in [0.1, 0.15) is 11.1 Å². The number of benzene rings is 2. The van der Waals surface area contributed by atoms with Crippen molar-refractivity contribution >= 4 is 32.7 Å². The lowest BCUT2D eigenvalue weighted by Gasteiger charge is -2.11. The van der Waals surface area contributed by atoms with Crippen molar-refractivity contribution in [3.8, 4) is 17.3 Å². The summed E-state index contributed by atoms with van der Waals surface area (Å²) in [6, 6.07) is 13.3. The zero-order chi connectivity index (χ0) is 22.2. The summed E-state index contributed by atoms with van der Waals surface area (Å²) in [6.45, 7) is 1.82. The molecule has 10 heteroatoms. The molecule has 0 aliphatic carbocycles. The molecule has 31 heavy (non-hydrogen) atoms. The number of fused-ring (bicyclic) bond motifs is 1. The zero-order valence-electron chi connectivity index (χ0n) is 16.2. The van der Waals surface area contributed by atoms with E-state index < -0.39 is 15.8 Å². The highest BCUT2D eigenvalue weighted by atomic mass is 32.2. The van der Waals surface area contributed by atoms with Crippen LogP contribution < -0.4 is 10.5 Å². The molecule has 0 aliphatic heterocycles. The molecule has 154 valence electrons. The van der Waals surface area contributed by atoms with Gasteiger partial charge in [-0.2, -0.15) is 5.26 Å². The number of nitrogens with one attached hydrogen (secondary N) is 1. The van der Waals surface area contributed by atoms with Crippen LogP contribution in [0.4, 0.5) is 16.0 Å². The molecule has 0 radical (unpaired) electrons. The topological polar surface area (TPSA) is 135 Å². The van der Waals surface area contributed by atoms with E-state index in [-0.39, 0.29) is 22.1 Å². The van der Waals surface area contributed by atoms with Gasteiger partial charge in [0.1, 0.15) is 22.3 Å². The molecule has 8 nitrogen and oxygen atoms in total. The highest BCUT2D eigenvalue weighted by Gasteiger charge is 2.20. The van der Waals surface area contributed by atoms with Gasteiger partial charge < -0.3 is 5.73 Å². The Morgan fingerprint density at radius 3 is 2.65 bits per heavy atom. The van der Waals surface area contributed by atoms with E-state index in [4.69, 9.17) is 11.0 Å². The van der Waals surface area contributed by atoms with Crippen molar-refractivity contribution in [2.24, 2.45) is 0 Å². The molecular formula is C21H15FN6O2S. The Labute approximate surface area is 177 Å². The molecule has 4 rings (SSSR count). The summed E-state index contributed by atoms with van der Waals surface area (Å²) >= 11 is 0. The number of pyridine rings is 1. The van der Waals surface area contributed by atoms with Gasteiger partial charge in [-0.15, -0.1) is 0 Å². The second kappa shape index (κ2) is 7.62. The third-order valence-electron chi connectivity index (χ3n) is 4.56. The Kier molecular flexibility index (Phi) is 4.96. The highest BCUT2D eigenvalue weighted by molar-refractivity contribution is 7.92. The van der Waals surface area contributed by atoms with Gasteiger partial charge in [0.25, 0.3) is 10.0 Å². The summed E-state index contributed by atoms with van der Waals surface area (Å²) in [5, 5.41) is 9.14. The lowest BCUT2D eigenvalue weighted by molar-refractivity contribution is 0.598. The van der Waals surface area contributed by atoms with E-state index in [2.05, 4.69) is 19.7 Å². The summed E-state index contributed by atoms with van der Waals surface area (Å²) in [5.74, 6) is -0.658. The molecule has 0 saturated carbocycles. The SMILES string of the molecule is Cc1cc(-c2ccc(NS(=O)(=O)c3ccccc3C#N)c(F)c2)nc2cnc(N)nc12. The van der Waals surface area contributed by atoms with E-state index in [1.165, 1.54) is 36.5 Å². The van der Waals surface area contributed by atoms with Crippen LogP contribution in [0.2, 0.25) is 0 Å². The van der Waals surface area contributed by atoms with Crippen LogP contribution in [0.3, 0.4) is 0 Å². The first-order chi connectivity index (χ1) is 14.8. The minimum absolute atomic E-state index is 0.0364. The Hall–Kier alpha value is -4.10. The average molecular weight is 434 g/mol. The van der Waals surface area contributed by atoms with E-state index in [1.54, 1.807) is 18.2 Å². The summed E-state index contributed by atoms with van der Waals surface area (Å²) in [6.07, 6.45) is 1.49. The molecular weight excluding hydrogens is 419 g/mol. The van der Waals surface area contributed by atoms with Crippen LogP contribution in [-0.4, -0.2) is 23.4 Å².